The zero-order valence-electron chi connectivity index (χ0n) is 16.3. The first-order valence-electron chi connectivity index (χ1n) is 9.27. The number of rotatable bonds is 2. The number of hydrogen-bond donors (Lipinski definition) is 6. The van der Waals surface area contributed by atoms with Crippen molar-refractivity contribution >= 4 is 10.8 Å². The third-order valence-corrected chi connectivity index (χ3v) is 4.09. The van der Waals surface area contributed by atoms with Gasteiger partial charge in [-0.05, 0) is 60.3 Å². The molecule has 0 unspecified atom stereocenters. The van der Waals surface area contributed by atoms with Crippen LogP contribution < -0.4 is 5.73 Å². The van der Waals surface area contributed by atoms with Crippen LogP contribution in [0, 0.1) is 0 Å². The van der Waals surface area contributed by atoms with Gasteiger partial charge in [0.05, 0.1) is 5.39 Å². The van der Waals surface area contributed by atoms with Crippen molar-refractivity contribution in [1.29, 1.82) is 0 Å². The van der Waals surface area contributed by atoms with Crippen molar-refractivity contribution in [3.8, 4) is 28.7 Å². The molecule has 0 bridgehead atoms. The van der Waals surface area contributed by atoms with Crippen LogP contribution in [0.3, 0.4) is 0 Å². The number of benzene rings is 4. The van der Waals surface area contributed by atoms with E-state index in [1.807, 2.05) is 18.2 Å². The number of hydrogen-bond acceptors (Lipinski definition) is 6. The highest BCUT2D eigenvalue weighted by atomic mass is 16.3. The largest absolute Gasteiger partial charge is 0.508 e. The summed E-state index contributed by atoms with van der Waals surface area (Å²) in [5.74, 6) is 0.375. The molecule has 6 heteroatoms. The SMILES string of the molecule is NCCc1ccc(O)c(O)c1.Oc1cccc2cccc(O)c12.Oc1ccccc1. The number of para-hydroxylation sites is 1. The quantitative estimate of drug-likeness (QED) is 0.276. The third-order valence-electron chi connectivity index (χ3n) is 4.09. The Balaban J connectivity index is 0.000000166. The van der Waals surface area contributed by atoms with Crippen molar-refractivity contribution < 1.29 is 25.5 Å². The third kappa shape index (κ3) is 6.61. The molecule has 0 aliphatic rings. The van der Waals surface area contributed by atoms with Gasteiger partial charge < -0.3 is 31.3 Å². The summed E-state index contributed by atoms with van der Waals surface area (Å²) < 4.78 is 0. The van der Waals surface area contributed by atoms with Crippen LogP contribution in [0.4, 0.5) is 0 Å². The number of nitrogens with two attached hydrogens (primary N) is 1. The second kappa shape index (κ2) is 11.2. The predicted octanol–water partition coefficient (Wildman–Crippen LogP) is 4.24. The van der Waals surface area contributed by atoms with Crippen LogP contribution in [0.25, 0.3) is 10.8 Å². The van der Waals surface area contributed by atoms with Crippen LogP contribution in [0.5, 0.6) is 28.7 Å². The molecule has 6 nitrogen and oxygen atoms in total. The van der Waals surface area contributed by atoms with Gasteiger partial charge >= 0.3 is 0 Å². The van der Waals surface area contributed by atoms with E-state index in [-0.39, 0.29) is 23.0 Å². The van der Waals surface area contributed by atoms with E-state index in [1.54, 1.807) is 54.6 Å². The molecule has 4 aromatic rings. The second-order valence-corrected chi connectivity index (χ2v) is 6.35. The summed E-state index contributed by atoms with van der Waals surface area (Å²) in [6.07, 6.45) is 0.716. The van der Waals surface area contributed by atoms with Gasteiger partial charge in [0.15, 0.2) is 11.5 Å². The van der Waals surface area contributed by atoms with Gasteiger partial charge in [-0.3, -0.25) is 0 Å². The zero-order chi connectivity index (χ0) is 21.9. The van der Waals surface area contributed by atoms with Gasteiger partial charge in [-0.25, -0.2) is 0 Å². The predicted molar refractivity (Wildman–Crippen MR) is 118 cm³/mol. The molecular formula is C24H25NO5. The van der Waals surface area contributed by atoms with Gasteiger partial charge in [0, 0.05) is 0 Å². The Morgan fingerprint density at radius 2 is 1.17 bits per heavy atom. The molecule has 0 heterocycles. The fourth-order valence-electron chi connectivity index (χ4n) is 2.62. The molecule has 0 saturated carbocycles. The van der Waals surface area contributed by atoms with E-state index < -0.39 is 0 Å². The van der Waals surface area contributed by atoms with Crippen LogP contribution in [0.15, 0.2) is 84.9 Å². The fourth-order valence-corrected chi connectivity index (χ4v) is 2.62. The fraction of sp³-hybridized carbons (Fsp3) is 0.0833. The van der Waals surface area contributed by atoms with Crippen LogP contribution in [0.1, 0.15) is 5.56 Å². The molecule has 0 aliphatic heterocycles. The van der Waals surface area contributed by atoms with E-state index in [0.29, 0.717) is 24.1 Å². The lowest BCUT2D eigenvalue weighted by atomic mass is 10.1. The molecule has 0 saturated heterocycles. The molecule has 0 atom stereocenters. The van der Waals surface area contributed by atoms with E-state index in [0.717, 1.165) is 10.9 Å². The van der Waals surface area contributed by atoms with Gasteiger partial charge in [-0.15, -0.1) is 0 Å². The summed E-state index contributed by atoms with van der Waals surface area (Å²) in [5, 5.41) is 46.7. The normalized spacial score (nSPS) is 9.77. The minimum Gasteiger partial charge on any atom is -0.508 e. The summed E-state index contributed by atoms with van der Waals surface area (Å²) in [4.78, 5) is 0. The van der Waals surface area contributed by atoms with Crippen LogP contribution in [-0.2, 0) is 6.42 Å². The second-order valence-electron chi connectivity index (χ2n) is 6.35. The molecule has 0 aromatic heterocycles. The maximum atomic E-state index is 9.39. The maximum absolute atomic E-state index is 9.39. The van der Waals surface area contributed by atoms with Crippen LogP contribution in [0.2, 0.25) is 0 Å². The van der Waals surface area contributed by atoms with E-state index in [2.05, 4.69) is 0 Å². The minimum atomic E-state index is -0.0919. The van der Waals surface area contributed by atoms with Crippen molar-refractivity contribution in [2.24, 2.45) is 5.73 Å². The Labute approximate surface area is 174 Å². The molecule has 7 N–H and O–H groups in total. The molecule has 156 valence electrons. The Kier molecular flexibility index (Phi) is 8.35. The average molecular weight is 407 g/mol. The first kappa shape index (κ1) is 22.4. The Morgan fingerprint density at radius 1 is 0.567 bits per heavy atom. The number of phenols is 5. The highest BCUT2D eigenvalue weighted by molar-refractivity contribution is 5.93. The summed E-state index contributed by atoms with van der Waals surface area (Å²) in [5.41, 5.74) is 6.24. The molecule has 4 rings (SSSR count). The van der Waals surface area contributed by atoms with Gasteiger partial charge in [0.1, 0.15) is 17.2 Å². The topological polar surface area (TPSA) is 127 Å². The monoisotopic (exact) mass is 407 g/mol. The van der Waals surface area contributed by atoms with Gasteiger partial charge in [-0.2, -0.15) is 0 Å². The highest BCUT2D eigenvalue weighted by Gasteiger charge is 2.02. The summed E-state index contributed by atoms with van der Waals surface area (Å²) in [7, 11) is 0. The van der Waals surface area contributed by atoms with Crippen molar-refractivity contribution in [2.75, 3.05) is 6.54 Å². The van der Waals surface area contributed by atoms with Crippen molar-refractivity contribution in [1.82, 2.24) is 0 Å². The minimum absolute atomic E-state index is 0.0871. The lowest BCUT2D eigenvalue weighted by Gasteiger charge is -2.01. The van der Waals surface area contributed by atoms with Crippen LogP contribution >= 0.6 is 0 Å². The molecule has 4 aromatic carbocycles. The number of phenolic OH excluding ortho intramolecular Hbond substituents is 5. The molecule has 0 radical (unpaired) electrons. The van der Waals surface area contributed by atoms with Gasteiger partial charge in [-0.1, -0.05) is 48.5 Å². The Morgan fingerprint density at radius 3 is 1.60 bits per heavy atom. The summed E-state index contributed by atoms with van der Waals surface area (Å²) in [6, 6.07) is 23.7. The molecular weight excluding hydrogens is 382 g/mol. The number of fused-ring (bicyclic) bond motifs is 1. The Bertz CT molecular complexity index is 1030. The molecule has 0 spiro atoms. The van der Waals surface area contributed by atoms with E-state index >= 15 is 0 Å². The van der Waals surface area contributed by atoms with E-state index in [4.69, 9.17) is 21.1 Å². The van der Waals surface area contributed by atoms with Gasteiger partial charge in [0.25, 0.3) is 0 Å². The lowest BCUT2D eigenvalue weighted by Crippen LogP contribution is -2.02. The Hall–Kier alpha value is -3.90. The van der Waals surface area contributed by atoms with E-state index in [9.17, 15) is 10.2 Å². The first-order valence-corrected chi connectivity index (χ1v) is 9.27. The molecule has 0 aliphatic carbocycles. The lowest BCUT2D eigenvalue weighted by molar-refractivity contribution is 0.403. The molecule has 0 fully saturated rings. The zero-order valence-corrected chi connectivity index (χ0v) is 16.3. The van der Waals surface area contributed by atoms with Crippen molar-refractivity contribution in [3.05, 3.63) is 90.5 Å². The van der Waals surface area contributed by atoms with Crippen molar-refractivity contribution in [2.45, 2.75) is 6.42 Å². The standard InChI is InChI=1S/C10H8O2.C8H11NO2.C6H6O/c11-8-5-1-3-7-4-2-6-9(12)10(7)8;9-4-3-6-1-2-7(10)8(11)5-6;7-6-4-2-1-3-5-6/h1-6,11-12H;1-2,5,10-11H,3-4,9H2;1-5,7H. The maximum Gasteiger partial charge on any atom is 0.157 e. The summed E-state index contributed by atoms with van der Waals surface area (Å²) >= 11 is 0. The van der Waals surface area contributed by atoms with E-state index in [1.165, 1.54) is 12.1 Å². The van der Waals surface area contributed by atoms with Gasteiger partial charge in [0.2, 0.25) is 0 Å². The smallest absolute Gasteiger partial charge is 0.157 e. The van der Waals surface area contributed by atoms with Crippen molar-refractivity contribution in [3.63, 3.8) is 0 Å². The molecule has 0 amide bonds. The number of aromatic hydroxyl groups is 5. The average Bonchev–Trinajstić information content (AvgIpc) is 2.73. The first-order chi connectivity index (χ1) is 14.4. The van der Waals surface area contributed by atoms with Crippen LogP contribution in [-0.4, -0.2) is 32.1 Å². The highest BCUT2D eigenvalue weighted by Crippen LogP contribution is 2.31. The summed E-state index contributed by atoms with van der Waals surface area (Å²) in [6.45, 7) is 0.546. The molecule has 30 heavy (non-hydrogen) atoms.